The first-order valence-electron chi connectivity index (χ1n) is 4.44. The molecule has 0 saturated carbocycles. The van der Waals surface area contributed by atoms with Crippen LogP contribution in [0.25, 0.3) is 0 Å². The van der Waals surface area contributed by atoms with Gasteiger partial charge in [0, 0.05) is 5.02 Å². The molecule has 1 N–H and O–H groups in total. The van der Waals surface area contributed by atoms with Crippen LogP contribution in [0.15, 0.2) is 36.9 Å². The summed E-state index contributed by atoms with van der Waals surface area (Å²) in [5.41, 5.74) is 0. The highest BCUT2D eigenvalue weighted by molar-refractivity contribution is 6.30. The number of ether oxygens (including phenoxy) is 1. The van der Waals surface area contributed by atoms with Gasteiger partial charge in [-0.25, -0.2) is 0 Å². The molecule has 1 rings (SSSR count). The SMILES string of the molecule is C=CC(COc1ccc(Cl)cc1)NC. The fourth-order valence-corrected chi connectivity index (χ4v) is 1.11. The van der Waals surface area contributed by atoms with Gasteiger partial charge < -0.3 is 10.1 Å². The molecule has 1 atom stereocenters. The van der Waals surface area contributed by atoms with Crippen LogP contribution in [0.4, 0.5) is 0 Å². The Morgan fingerprint density at radius 3 is 2.64 bits per heavy atom. The Hall–Kier alpha value is -0.990. The summed E-state index contributed by atoms with van der Waals surface area (Å²) in [7, 11) is 1.87. The Morgan fingerprint density at radius 2 is 2.14 bits per heavy atom. The molecule has 0 aliphatic heterocycles. The van der Waals surface area contributed by atoms with Crippen LogP contribution in [0.3, 0.4) is 0 Å². The summed E-state index contributed by atoms with van der Waals surface area (Å²) in [4.78, 5) is 0. The maximum absolute atomic E-state index is 5.74. The van der Waals surface area contributed by atoms with Gasteiger partial charge in [0.05, 0.1) is 6.04 Å². The molecular weight excluding hydrogens is 198 g/mol. The zero-order chi connectivity index (χ0) is 10.4. The summed E-state index contributed by atoms with van der Waals surface area (Å²) in [6.07, 6.45) is 1.82. The van der Waals surface area contributed by atoms with E-state index in [4.69, 9.17) is 16.3 Å². The van der Waals surface area contributed by atoms with E-state index in [0.29, 0.717) is 11.6 Å². The van der Waals surface area contributed by atoms with Crippen LogP contribution in [0.5, 0.6) is 5.75 Å². The monoisotopic (exact) mass is 211 g/mol. The quantitative estimate of drug-likeness (QED) is 0.756. The van der Waals surface area contributed by atoms with Crippen molar-refractivity contribution >= 4 is 11.6 Å². The van der Waals surface area contributed by atoms with Crippen molar-refractivity contribution in [1.82, 2.24) is 5.32 Å². The highest BCUT2D eigenvalue weighted by Crippen LogP contribution is 2.15. The van der Waals surface area contributed by atoms with Crippen molar-refractivity contribution in [2.45, 2.75) is 6.04 Å². The lowest BCUT2D eigenvalue weighted by molar-refractivity contribution is 0.292. The van der Waals surface area contributed by atoms with Crippen LogP contribution in [0, 0.1) is 0 Å². The second-order valence-electron chi connectivity index (χ2n) is 2.90. The van der Waals surface area contributed by atoms with Crippen LogP contribution < -0.4 is 10.1 Å². The molecule has 14 heavy (non-hydrogen) atoms. The highest BCUT2D eigenvalue weighted by atomic mass is 35.5. The Morgan fingerprint density at radius 1 is 1.50 bits per heavy atom. The number of hydrogen-bond acceptors (Lipinski definition) is 2. The molecule has 0 spiro atoms. The minimum atomic E-state index is 0.172. The Balaban J connectivity index is 2.45. The molecule has 0 saturated heterocycles. The predicted octanol–water partition coefficient (Wildman–Crippen LogP) is 2.49. The van der Waals surface area contributed by atoms with Crippen LogP contribution in [-0.2, 0) is 0 Å². The van der Waals surface area contributed by atoms with Gasteiger partial charge >= 0.3 is 0 Å². The Labute approximate surface area is 89.5 Å². The zero-order valence-corrected chi connectivity index (χ0v) is 8.92. The van der Waals surface area contributed by atoms with Crippen LogP contribution in [0.1, 0.15) is 0 Å². The fourth-order valence-electron chi connectivity index (χ4n) is 0.986. The van der Waals surface area contributed by atoms with Gasteiger partial charge in [-0.15, -0.1) is 6.58 Å². The Bertz CT molecular complexity index is 284. The third-order valence-electron chi connectivity index (χ3n) is 1.90. The minimum Gasteiger partial charge on any atom is -0.492 e. The van der Waals surface area contributed by atoms with E-state index in [-0.39, 0.29) is 6.04 Å². The lowest BCUT2D eigenvalue weighted by Gasteiger charge is -2.12. The molecule has 76 valence electrons. The van der Waals surface area contributed by atoms with Crippen molar-refractivity contribution in [1.29, 1.82) is 0 Å². The van der Waals surface area contributed by atoms with Gasteiger partial charge in [0.1, 0.15) is 12.4 Å². The van der Waals surface area contributed by atoms with Gasteiger partial charge in [-0.05, 0) is 31.3 Å². The van der Waals surface area contributed by atoms with E-state index < -0.39 is 0 Å². The molecule has 3 heteroatoms. The topological polar surface area (TPSA) is 21.3 Å². The summed E-state index contributed by atoms with van der Waals surface area (Å²) >= 11 is 5.74. The number of hydrogen-bond donors (Lipinski definition) is 1. The predicted molar refractivity (Wildman–Crippen MR) is 60.0 cm³/mol. The smallest absolute Gasteiger partial charge is 0.119 e. The van der Waals surface area contributed by atoms with Gasteiger partial charge in [-0.3, -0.25) is 0 Å². The molecule has 1 unspecified atom stereocenters. The molecule has 0 aliphatic rings. The summed E-state index contributed by atoms with van der Waals surface area (Å²) in [5, 5.41) is 3.78. The lowest BCUT2D eigenvalue weighted by atomic mass is 10.3. The first-order valence-corrected chi connectivity index (χ1v) is 4.82. The lowest BCUT2D eigenvalue weighted by Crippen LogP contribution is -2.29. The summed E-state index contributed by atoms with van der Waals surface area (Å²) < 4.78 is 5.51. The van der Waals surface area contributed by atoms with Crippen molar-refractivity contribution in [3.05, 3.63) is 41.9 Å². The molecule has 0 amide bonds. The van der Waals surface area contributed by atoms with E-state index in [9.17, 15) is 0 Å². The zero-order valence-electron chi connectivity index (χ0n) is 8.16. The normalized spacial score (nSPS) is 12.1. The maximum atomic E-state index is 5.74. The van der Waals surface area contributed by atoms with E-state index in [2.05, 4.69) is 11.9 Å². The summed E-state index contributed by atoms with van der Waals surface area (Å²) in [5.74, 6) is 0.816. The fraction of sp³-hybridized carbons (Fsp3) is 0.273. The van der Waals surface area contributed by atoms with Crippen molar-refractivity contribution in [2.24, 2.45) is 0 Å². The van der Waals surface area contributed by atoms with Crippen LogP contribution in [0.2, 0.25) is 5.02 Å². The number of benzene rings is 1. The van der Waals surface area contributed by atoms with E-state index in [1.54, 1.807) is 12.1 Å². The average Bonchev–Trinajstić information content (AvgIpc) is 2.22. The number of nitrogens with one attached hydrogen (secondary N) is 1. The van der Waals surface area contributed by atoms with E-state index >= 15 is 0 Å². The van der Waals surface area contributed by atoms with Crippen molar-refractivity contribution < 1.29 is 4.74 Å². The van der Waals surface area contributed by atoms with Crippen molar-refractivity contribution in [3.8, 4) is 5.75 Å². The molecule has 1 aromatic carbocycles. The summed E-state index contributed by atoms with van der Waals surface area (Å²) in [6, 6.07) is 7.47. The highest BCUT2D eigenvalue weighted by Gasteiger charge is 2.00. The number of halogens is 1. The van der Waals surface area contributed by atoms with Crippen molar-refractivity contribution in [3.63, 3.8) is 0 Å². The summed E-state index contributed by atoms with van der Waals surface area (Å²) in [6.45, 7) is 4.27. The molecule has 0 fully saturated rings. The molecule has 2 nitrogen and oxygen atoms in total. The largest absolute Gasteiger partial charge is 0.492 e. The Kier molecular flexibility index (Phi) is 4.50. The molecule has 0 aromatic heterocycles. The van der Waals surface area contributed by atoms with E-state index in [1.807, 2.05) is 25.3 Å². The van der Waals surface area contributed by atoms with E-state index in [0.717, 1.165) is 5.75 Å². The third kappa shape index (κ3) is 3.40. The molecule has 0 radical (unpaired) electrons. The number of rotatable bonds is 5. The second kappa shape index (κ2) is 5.68. The van der Waals surface area contributed by atoms with Gasteiger partial charge in [-0.2, -0.15) is 0 Å². The van der Waals surface area contributed by atoms with Crippen LogP contribution >= 0.6 is 11.6 Å². The number of likely N-dealkylation sites (N-methyl/N-ethyl adjacent to an activating group) is 1. The van der Waals surface area contributed by atoms with Gasteiger partial charge in [0.2, 0.25) is 0 Å². The third-order valence-corrected chi connectivity index (χ3v) is 2.15. The first kappa shape index (κ1) is 11.1. The molecule has 0 heterocycles. The maximum Gasteiger partial charge on any atom is 0.119 e. The molecular formula is C11H14ClNO. The standard InChI is InChI=1S/C11H14ClNO/c1-3-10(13-2)8-14-11-6-4-9(12)5-7-11/h3-7,10,13H,1,8H2,2H3. The molecule has 0 bridgehead atoms. The first-order chi connectivity index (χ1) is 6.76. The second-order valence-corrected chi connectivity index (χ2v) is 3.33. The van der Waals surface area contributed by atoms with E-state index in [1.165, 1.54) is 0 Å². The van der Waals surface area contributed by atoms with Crippen LogP contribution in [-0.4, -0.2) is 19.7 Å². The van der Waals surface area contributed by atoms with Gasteiger partial charge in [0.25, 0.3) is 0 Å². The van der Waals surface area contributed by atoms with Crippen molar-refractivity contribution in [2.75, 3.05) is 13.7 Å². The molecule has 0 aliphatic carbocycles. The van der Waals surface area contributed by atoms with Gasteiger partial charge in [0.15, 0.2) is 0 Å². The average molecular weight is 212 g/mol. The van der Waals surface area contributed by atoms with Gasteiger partial charge in [-0.1, -0.05) is 17.7 Å². The minimum absolute atomic E-state index is 0.172. The molecule has 1 aromatic rings.